The van der Waals surface area contributed by atoms with Gasteiger partial charge >= 0.3 is 5.63 Å². The zero-order valence-corrected chi connectivity index (χ0v) is 14.6. The predicted molar refractivity (Wildman–Crippen MR) is 95.9 cm³/mol. The minimum atomic E-state index is -0.645. The summed E-state index contributed by atoms with van der Waals surface area (Å²) in [6.07, 6.45) is 4.26. The fourth-order valence-corrected chi connectivity index (χ4v) is 3.39. The number of nitrogens with one attached hydrogen (secondary N) is 1. The molecule has 3 aromatic rings. The Morgan fingerprint density at radius 1 is 1.23 bits per heavy atom. The Kier molecular flexibility index (Phi) is 4.28. The standard InChI is InChI=1S/C19H20N4O3/c1-12(17-22-21-16-9-3-2-6-10-23(16)17)20-18(24)14-11-13-7-4-5-8-15(13)26-19(14)25/h4-5,7-8,11-12H,2-3,6,9-10H2,1H3,(H,20,24)/t12-/m1/s1. The predicted octanol–water partition coefficient (Wildman–Crippen LogP) is 2.60. The number of aryl methyl sites for hydroxylation is 1. The van der Waals surface area contributed by atoms with Gasteiger partial charge in [0.15, 0.2) is 5.82 Å². The Morgan fingerprint density at radius 2 is 2.08 bits per heavy atom. The summed E-state index contributed by atoms with van der Waals surface area (Å²) in [6.45, 7) is 2.71. The Balaban J connectivity index is 1.59. The second-order valence-electron chi connectivity index (χ2n) is 6.62. The average molecular weight is 352 g/mol. The summed E-state index contributed by atoms with van der Waals surface area (Å²) in [5.41, 5.74) is -0.190. The third-order valence-electron chi connectivity index (χ3n) is 4.76. The van der Waals surface area contributed by atoms with E-state index in [0.717, 1.165) is 37.5 Å². The van der Waals surface area contributed by atoms with E-state index < -0.39 is 11.5 Å². The summed E-state index contributed by atoms with van der Waals surface area (Å²) in [5.74, 6) is 1.22. The van der Waals surface area contributed by atoms with E-state index in [-0.39, 0.29) is 11.6 Å². The van der Waals surface area contributed by atoms with E-state index in [1.165, 1.54) is 6.42 Å². The van der Waals surface area contributed by atoms with Crippen LogP contribution < -0.4 is 10.9 Å². The van der Waals surface area contributed by atoms with Gasteiger partial charge in [0.25, 0.3) is 5.91 Å². The summed E-state index contributed by atoms with van der Waals surface area (Å²) < 4.78 is 7.33. The first-order valence-electron chi connectivity index (χ1n) is 8.89. The Morgan fingerprint density at radius 3 is 2.96 bits per heavy atom. The highest BCUT2D eigenvalue weighted by molar-refractivity contribution is 5.96. The molecule has 0 bridgehead atoms. The number of aromatic nitrogens is 3. The summed E-state index contributed by atoms with van der Waals surface area (Å²) in [7, 11) is 0. The molecule has 3 heterocycles. The maximum absolute atomic E-state index is 12.6. The zero-order chi connectivity index (χ0) is 18.1. The van der Waals surface area contributed by atoms with Crippen LogP contribution in [0.4, 0.5) is 0 Å². The Hall–Kier alpha value is -2.96. The van der Waals surface area contributed by atoms with Gasteiger partial charge in [0.05, 0.1) is 6.04 Å². The molecule has 0 fully saturated rings. The molecule has 0 saturated heterocycles. The molecule has 26 heavy (non-hydrogen) atoms. The van der Waals surface area contributed by atoms with Crippen molar-refractivity contribution in [2.24, 2.45) is 0 Å². The van der Waals surface area contributed by atoms with Gasteiger partial charge in [-0.3, -0.25) is 4.79 Å². The molecule has 2 aromatic heterocycles. The van der Waals surface area contributed by atoms with Crippen LogP contribution in [0.3, 0.4) is 0 Å². The van der Waals surface area contributed by atoms with Crippen LogP contribution in [0, 0.1) is 0 Å². The molecule has 0 unspecified atom stereocenters. The van der Waals surface area contributed by atoms with Crippen LogP contribution in [0.2, 0.25) is 0 Å². The van der Waals surface area contributed by atoms with E-state index in [2.05, 4.69) is 20.1 Å². The van der Waals surface area contributed by atoms with Gasteiger partial charge in [-0.05, 0) is 31.9 Å². The van der Waals surface area contributed by atoms with Crippen molar-refractivity contribution in [1.82, 2.24) is 20.1 Å². The maximum atomic E-state index is 12.6. The molecule has 134 valence electrons. The highest BCUT2D eigenvalue weighted by atomic mass is 16.4. The van der Waals surface area contributed by atoms with Crippen molar-refractivity contribution in [2.45, 2.75) is 45.2 Å². The molecular weight excluding hydrogens is 332 g/mol. The lowest BCUT2D eigenvalue weighted by molar-refractivity contribution is 0.0934. The number of hydrogen-bond donors (Lipinski definition) is 1. The average Bonchev–Trinajstić information content (AvgIpc) is 2.90. The molecule has 1 amide bonds. The number of amides is 1. The number of benzene rings is 1. The van der Waals surface area contributed by atoms with Gasteiger partial charge in [0.2, 0.25) is 0 Å². The normalized spacial score (nSPS) is 15.3. The van der Waals surface area contributed by atoms with Gasteiger partial charge in [0, 0.05) is 18.4 Å². The number of carbonyl (C=O) groups is 1. The second-order valence-corrected chi connectivity index (χ2v) is 6.62. The molecule has 1 aliphatic rings. The van der Waals surface area contributed by atoms with E-state index in [4.69, 9.17) is 4.42 Å². The van der Waals surface area contributed by atoms with Crippen molar-refractivity contribution >= 4 is 16.9 Å². The van der Waals surface area contributed by atoms with Gasteiger partial charge in [-0.15, -0.1) is 10.2 Å². The molecule has 1 aromatic carbocycles. The van der Waals surface area contributed by atoms with Crippen LogP contribution in [0.1, 0.15) is 54.2 Å². The molecule has 4 rings (SSSR count). The molecule has 7 nitrogen and oxygen atoms in total. The largest absolute Gasteiger partial charge is 0.422 e. The highest BCUT2D eigenvalue weighted by Gasteiger charge is 2.22. The number of hydrogen-bond acceptors (Lipinski definition) is 5. The lowest BCUT2D eigenvalue weighted by Crippen LogP contribution is -2.32. The van der Waals surface area contributed by atoms with E-state index in [1.54, 1.807) is 24.3 Å². The maximum Gasteiger partial charge on any atom is 0.349 e. The van der Waals surface area contributed by atoms with Crippen LogP contribution in [-0.2, 0) is 13.0 Å². The third-order valence-corrected chi connectivity index (χ3v) is 4.76. The smallest absolute Gasteiger partial charge is 0.349 e. The van der Waals surface area contributed by atoms with E-state index in [0.29, 0.717) is 11.0 Å². The number of carbonyl (C=O) groups excluding carboxylic acids is 1. The van der Waals surface area contributed by atoms with Crippen LogP contribution >= 0.6 is 0 Å². The van der Waals surface area contributed by atoms with Crippen molar-refractivity contribution < 1.29 is 9.21 Å². The van der Waals surface area contributed by atoms with Crippen LogP contribution in [0.15, 0.2) is 39.5 Å². The van der Waals surface area contributed by atoms with Gasteiger partial charge in [-0.2, -0.15) is 0 Å². The summed E-state index contributed by atoms with van der Waals surface area (Å²) in [6, 6.07) is 8.33. The summed E-state index contributed by atoms with van der Waals surface area (Å²) in [5, 5.41) is 12.1. The summed E-state index contributed by atoms with van der Waals surface area (Å²) >= 11 is 0. The van der Waals surface area contributed by atoms with Crippen LogP contribution in [0.5, 0.6) is 0 Å². The van der Waals surface area contributed by atoms with E-state index >= 15 is 0 Å². The Labute approximate surface area is 150 Å². The first kappa shape index (κ1) is 16.5. The Bertz CT molecular complexity index is 1020. The van der Waals surface area contributed by atoms with Crippen molar-refractivity contribution in [2.75, 3.05) is 0 Å². The molecule has 1 N–H and O–H groups in total. The first-order valence-corrected chi connectivity index (χ1v) is 8.89. The van der Waals surface area contributed by atoms with Gasteiger partial charge < -0.3 is 14.3 Å². The fraction of sp³-hybridized carbons (Fsp3) is 0.368. The van der Waals surface area contributed by atoms with E-state index in [9.17, 15) is 9.59 Å². The van der Waals surface area contributed by atoms with Gasteiger partial charge in [-0.1, -0.05) is 24.6 Å². The molecule has 0 saturated carbocycles. The second kappa shape index (κ2) is 6.74. The molecule has 1 aliphatic heterocycles. The first-order chi connectivity index (χ1) is 12.6. The molecule has 1 atom stereocenters. The van der Waals surface area contributed by atoms with Gasteiger partial charge in [0.1, 0.15) is 17.0 Å². The highest BCUT2D eigenvalue weighted by Crippen LogP contribution is 2.19. The lowest BCUT2D eigenvalue weighted by atomic mass is 10.1. The van der Waals surface area contributed by atoms with Crippen molar-refractivity contribution in [1.29, 1.82) is 0 Å². The minimum Gasteiger partial charge on any atom is -0.422 e. The molecule has 0 spiro atoms. The van der Waals surface area contributed by atoms with Crippen molar-refractivity contribution in [3.8, 4) is 0 Å². The monoisotopic (exact) mass is 352 g/mol. The van der Waals surface area contributed by atoms with Gasteiger partial charge in [-0.25, -0.2) is 4.79 Å². The lowest BCUT2D eigenvalue weighted by Gasteiger charge is -2.15. The molecule has 7 heteroatoms. The third kappa shape index (κ3) is 3.00. The zero-order valence-electron chi connectivity index (χ0n) is 14.6. The molecule has 0 radical (unpaired) electrons. The SMILES string of the molecule is C[C@@H](NC(=O)c1cc2ccccc2oc1=O)c1nnc2n1CCCCC2. The van der Waals surface area contributed by atoms with Crippen molar-refractivity contribution in [3.05, 3.63) is 58.0 Å². The number of rotatable bonds is 3. The van der Waals surface area contributed by atoms with Crippen molar-refractivity contribution in [3.63, 3.8) is 0 Å². The topological polar surface area (TPSA) is 90.0 Å². The molecular formula is C19H20N4O3. The fourth-order valence-electron chi connectivity index (χ4n) is 3.39. The van der Waals surface area contributed by atoms with E-state index in [1.807, 2.05) is 13.0 Å². The molecule has 0 aliphatic carbocycles. The van der Waals surface area contributed by atoms with Crippen LogP contribution in [0.25, 0.3) is 11.0 Å². The van der Waals surface area contributed by atoms with Crippen LogP contribution in [-0.4, -0.2) is 20.7 Å². The number of nitrogens with zero attached hydrogens (tertiary/aromatic N) is 3. The quantitative estimate of drug-likeness (QED) is 0.732. The summed E-state index contributed by atoms with van der Waals surface area (Å²) in [4.78, 5) is 24.8. The minimum absolute atomic E-state index is 0.00819. The number of para-hydroxylation sites is 1. The number of fused-ring (bicyclic) bond motifs is 2.